The van der Waals surface area contributed by atoms with Gasteiger partial charge in [0.25, 0.3) is 5.91 Å². The van der Waals surface area contributed by atoms with Crippen molar-refractivity contribution in [3.63, 3.8) is 0 Å². The van der Waals surface area contributed by atoms with Crippen LogP contribution in [-0.2, 0) is 4.79 Å². The van der Waals surface area contributed by atoms with E-state index in [2.05, 4.69) is 15.6 Å². The van der Waals surface area contributed by atoms with Gasteiger partial charge in [-0.1, -0.05) is 6.07 Å². The van der Waals surface area contributed by atoms with Crippen LogP contribution in [0.1, 0.15) is 11.3 Å². The Labute approximate surface area is 182 Å². The number of carbonyl (C=O) groups excluding carboxylic acids is 3. The van der Waals surface area contributed by atoms with Crippen LogP contribution in [0.15, 0.2) is 60.8 Å². The monoisotopic (exact) mass is 431 g/mol. The molecule has 3 N–H and O–H groups in total. The van der Waals surface area contributed by atoms with Gasteiger partial charge in [0.15, 0.2) is 0 Å². The highest BCUT2D eigenvalue weighted by molar-refractivity contribution is 6.35. The molecule has 0 saturated carbocycles. The van der Waals surface area contributed by atoms with Crippen LogP contribution in [0.2, 0.25) is 0 Å². The van der Waals surface area contributed by atoms with Gasteiger partial charge in [-0.05, 0) is 54.6 Å². The molecular formula is C23H18FN5O3. The first-order chi connectivity index (χ1) is 15.5. The molecule has 1 fully saturated rings. The van der Waals surface area contributed by atoms with Crippen LogP contribution in [0.3, 0.4) is 0 Å². The van der Waals surface area contributed by atoms with Crippen molar-refractivity contribution in [1.82, 2.24) is 9.88 Å². The molecule has 0 bridgehead atoms. The lowest BCUT2D eigenvalue weighted by Gasteiger charge is -2.18. The van der Waals surface area contributed by atoms with E-state index < -0.39 is 17.9 Å². The molecule has 1 saturated heterocycles. The molecular weight excluding hydrogens is 413 g/mol. The van der Waals surface area contributed by atoms with Gasteiger partial charge >= 0.3 is 12.1 Å². The van der Waals surface area contributed by atoms with E-state index in [9.17, 15) is 18.8 Å². The number of hydrogen-bond acceptors (Lipinski definition) is 3. The molecule has 32 heavy (non-hydrogen) atoms. The molecule has 8 nitrogen and oxygen atoms in total. The molecule has 2 aliphatic heterocycles. The van der Waals surface area contributed by atoms with Crippen molar-refractivity contribution >= 4 is 46.7 Å². The molecule has 5 rings (SSSR count). The van der Waals surface area contributed by atoms with Crippen molar-refractivity contribution in [2.24, 2.45) is 0 Å². The number of fused-ring (bicyclic) bond motifs is 1. The van der Waals surface area contributed by atoms with Gasteiger partial charge in [0.2, 0.25) is 0 Å². The van der Waals surface area contributed by atoms with E-state index in [1.54, 1.807) is 30.5 Å². The summed E-state index contributed by atoms with van der Waals surface area (Å²) in [5.74, 6) is -0.632. The summed E-state index contributed by atoms with van der Waals surface area (Å²) in [4.78, 5) is 43.3. The van der Waals surface area contributed by atoms with Crippen LogP contribution in [0.4, 0.5) is 31.0 Å². The normalized spacial score (nSPS) is 16.5. The second kappa shape index (κ2) is 7.69. The van der Waals surface area contributed by atoms with Crippen LogP contribution in [0, 0.1) is 5.82 Å². The zero-order valence-corrected chi connectivity index (χ0v) is 16.8. The third kappa shape index (κ3) is 3.49. The summed E-state index contributed by atoms with van der Waals surface area (Å²) in [5, 5.41) is 5.50. The molecule has 3 heterocycles. The first-order valence-electron chi connectivity index (χ1n) is 9.96. The highest BCUT2D eigenvalue weighted by Gasteiger charge is 2.34. The maximum atomic E-state index is 13.1. The fourth-order valence-electron chi connectivity index (χ4n) is 3.78. The number of halogens is 1. The fourth-order valence-corrected chi connectivity index (χ4v) is 3.78. The summed E-state index contributed by atoms with van der Waals surface area (Å²) in [6.45, 7) is 0.512. The van der Waals surface area contributed by atoms with Gasteiger partial charge in [0.05, 0.1) is 17.8 Å². The molecule has 2 aliphatic rings. The number of nitrogens with one attached hydrogen (secondary N) is 3. The summed E-state index contributed by atoms with van der Waals surface area (Å²) < 4.78 is 13.1. The van der Waals surface area contributed by atoms with E-state index in [-0.39, 0.29) is 12.5 Å². The highest BCUT2D eigenvalue weighted by atomic mass is 19.1. The smallest absolute Gasteiger partial charge is 0.332 e. The van der Waals surface area contributed by atoms with E-state index in [0.29, 0.717) is 29.2 Å². The molecule has 0 spiro atoms. The number of carbonyl (C=O) groups is 3. The standard InChI is InChI=1S/C23H18FN5O3/c24-14-3-6-17(7-4-14)28-10-11-29(23(28)32)22(31)26-16-5-8-18-19(12-15-2-1-9-25-15)21(30)27-20(18)13-16/h1-9,12-13,25H,10-11H2,(H,26,31)(H,27,30)/b19-12-. The van der Waals surface area contributed by atoms with Crippen LogP contribution >= 0.6 is 0 Å². The molecule has 3 aromatic rings. The van der Waals surface area contributed by atoms with Gasteiger partial charge in [-0.15, -0.1) is 0 Å². The Balaban J connectivity index is 1.31. The van der Waals surface area contributed by atoms with E-state index in [1.165, 1.54) is 29.2 Å². The maximum Gasteiger partial charge on any atom is 0.332 e. The maximum absolute atomic E-state index is 13.1. The van der Waals surface area contributed by atoms with Gasteiger partial charge in [0.1, 0.15) is 5.82 Å². The summed E-state index contributed by atoms with van der Waals surface area (Å²) in [6.07, 6.45) is 3.53. The Morgan fingerprint density at radius 3 is 2.62 bits per heavy atom. The number of H-pyrrole nitrogens is 1. The van der Waals surface area contributed by atoms with E-state index in [4.69, 9.17) is 0 Å². The third-order valence-electron chi connectivity index (χ3n) is 5.37. The second-order valence-electron chi connectivity index (χ2n) is 7.39. The zero-order valence-electron chi connectivity index (χ0n) is 16.8. The molecule has 1 aromatic heterocycles. The number of urea groups is 2. The van der Waals surface area contributed by atoms with Crippen molar-refractivity contribution < 1.29 is 18.8 Å². The Kier molecular flexibility index (Phi) is 4.70. The van der Waals surface area contributed by atoms with Crippen LogP contribution in [-0.4, -0.2) is 40.9 Å². The van der Waals surface area contributed by atoms with Gasteiger partial charge < -0.3 is 15.6 Å². The lowest BCUT2D eigenvalue weighted by Crippen LogP contribution is -2.39. The van der Waals surface area contributed by atoms with Crippen molar-refractivity contribution in [3.05, 3.63) is 77.9 Å². The highest BCUT2D eigenvalue weighted by Crippen LogP contribution is 2.35. The minimum Gasteiger partial charge on any atom is -0.362 e. The van der Waals surface area contributed by atoms with Gasteiger partial charge in [-0.2, -0.15) is 0 Å². The largest absolute Gasteiger partial charge is 0.362 e. The van der Waals surface area contributed by atoms with E-state index in [0.717, 1.165) is 16.2 Å². The van der Waals surface area contributed by atoms with E-state index >= 15 is 0 Å². The Hall–Kier alpha value is -4.40. The summed E-state index contributed by atoms with van der Waals surface area (Å²) in [5.41, 5.74) is 3.59. The van der Waals surface area contributed by atoms with Crippen LogP contribution < -0.4 is 15.5 Å². The van der Waals surface area contributed by atoms with E-state index in [1.807, 2.05) is 12.1 Å². The number of rotatable bonds is 3. The average molecular weight is 431 g/mol. The number of benzene rings is 2. The number of aromatic amines is 1. The summed E-state index contributed by atoms with van der Waals surface area (Å²) in [7, 11) is 0. The lowest BCUT2D eigenvalue weighted by molar-refractivity contribution is -0.110. The molecule has 0 radical (unpaired) electrons. The zero-order chi connectivity index (χ0) is 22.2. The summed E-state index contributed by atoms with van der Waals surface area (Å²) >= 11 is 0. The topological polar surface area (TPSA) is 97.5 Å². The van der Waals surface area contributed by atoms with Crippen molar-refractivity contribution in [2.75, 3.05) is 28.6 Å². The average Bonchev–Trinajstić information content (AvgIpc) is 3.49. The number of nitrogens with zero attached hydrogens (tertiary/aromatic N) is 2. The van der Waals surface area contributed by atoms with Crippen molar-refractivity contribution in [2.45, 2.75) is 0 Å². The first-order valence-corrected chi connectivity index (χ1v) is 9.96. The molecule has 160 valence electrons. The predicted octanol–water partition coefficient (Wildman–Crippen LogP) is 4.12. The Bertz CT molecular complexity index is 1250. The number of anilines is 3. The Morgan fingerprint density at radius 1 is 1.06 bits per heavy atom. The fraction of sp³-hybridized carbons (Fsp3) is 0.0870. The number of amides is 5. The molecule has 0 unspecified atom stereocenters. The summed E-state index contributed by atoms with van der Waals surface area (Å²) in [6, 6.07) is 13.2. The SMILES string of the molecule is O=C1Nc2cc(NC(=O)N3CCN(c4ccc(F)cc4)C3=O)ccc2/C1=C/c1ccc[nH]1. The first kappa shape index (κ1) is 19.6. The minimum absolute atomic E-state index is 0.201. The lowest BCUT2D eigenvalue weighted by atomic mass is 10.1. The van der Waals surface area contributed by atoms with Crippen molar-refractivity contribution in [1.29, 1.82) is 0 Å². The Morgan fingerprint density at radius 2 is 1.88 bits per heavy atom. The molecule has 2 aromatic carbocycles. The molecule has 0 aliphatic carbocycles. The molecule has 5 amide bonds. The molecule has 0 atom stereocenters. The predicted molar refractivity (Wildman–Crippen MR) is 119 cm³/mol. The number of hydrogen-bond donors (Lipinski definition) is 3. The van der Waals surface area contributed by atoms with Crippen LogP contribution in [0.25, 0.3) is 11.6 Å². The number of aromatic nitrogens is 1. The molecule has 9 heteroatoms. The third-order valence-corrected chi connectivity index (χ3v) is 5.37. The second-order valence-corrected chi connectivity index (χ2v) is 7.39. The minimum atomic E-state index is -0.578. The van der Waals surface area contributed by atoms with Gasteiger partial charge in [-0.3, -0.25) is 9.69 Å². The van der Waals surface area contributed by atoms with Crippen molar-refractivity contribution in [3.8, 4) is 0 Å². The number of imide groups is 1. The van der Waals surface area contributed by atoms with Gasteiger partial charge in [-0.25, -0.2) is 18.9 Å². The van der Waals surface area contributed by atoms with Gasteiger partial charge in [0, 0.05) is 35.4 Å². The quantitative estimate of drug-likeness (QED) is 0.544. The van der Waals surface area contributed by atoms with Crippen LogP contribution in [0.5, 0.6) is 0 Å².